The number of hydrogen-bond donors (Lipinski definition) is 0. The number of carbonyl (C=O) groups is 1. The number of unbranched alkanes of at least 4 members (excludes halogenated alkanes) is 3. The Morgan fingerprint density at radius 3 is 2.80 bits per heavy atom. The van der Waals surface area contributed by atoms with E-state index in [1.165, 1.54) is 30.2 Å². The lowest BCUT2D eigenvalue weighted by Gasteiger charge is -2.13. The zero-order chi connectivity index (χ0) is 14.5. The number of aryl methyl sites for hydroxylation is 1. The Balaban J connectivity index is 2.01. The summed E-state index contributed by atoms with van der Waals surface area (Å²) in [7, 11) is 0. The number of carbonyl (C=O) groups excluding carboxylic acids is 1. The molecule has 0 radical (unpaired) electrons. The molecule has 1 saturated heterocycles. The van der Waals surface area contributed by atoms with Gasteiger partial charge in [-0.05, 0) is 36.4 Å². The molecule has 0 bridgehead atoms. The van der Waals surface area contributed by atoms with Crippen molar-refractivity contribution in [2.45, 2.75) is 39.5 Å². The van der Waals surface area contributed by atoms with Crippen molar-refractivity contribution in [1.29, 1.82) is 0 Å². The molecule has 1 aliphatic rings. The Bertz CT molecular complexity index is 533. The Morgan fingerprint density at radius 1 is 1.35 bits per heavy atom. The van der Waals surface area contributed by atoms with Crippen LogP contribution in [-0.2, 0) is 4.79 Å². The standard InChI is InChI=1S/C15H19NOS3/c1-3-4-5-6-8-16-14(17)13(20-15(16)18)10-12-11(2)7-9-19-12/h7,9-10H,3-6,8H2,1-2H3/b13-10+. The number of rotatable bonds is 6. The van der Waals surface area contributed by atoms with E-state index in [2.05, 4.69) is 19.9 Å². The highest BCUT2D eigenvalue weighted by Crippen LogP contribution is 2.34. The van der Waals surface area contributed by atoms with Crippen LogP contribution in [0, 0.1) is 6.92 Å². The van der Waals surface area contributed by atoms with Crippen LogP contribution in [0.5, 0.6) is 0 Å². The first-order valence-electron chi connectivity index (χ1n) is 6.93. The topological polar surface area (TPSA) is 20.3 Å². The summed E-state index contributed by atoms with van der Waals surface area (Å²) >= 11 is 8.42. The molecule has 0 unspecified atom stereocenters. The summed E-state index contributed by atoms with van der Waals surface area (Å²) in [5.74, 6) is 0.0734. The van der Waals surface area contributed by atoms with Crippen molar-refractivity contribution in [3.05, 3.63) is 26.8 Å². The zero-order valence-corrected chi connectivity index (χ0v) is 14.3. The van der Waals surface area contributed by atoms with E-state index in [-0.39, 0.29) is 5.91 Å². The zero-order valence-electron chi connectivity index (χ0n) is 11.8. The van der Waals surface area contributed by atoms with Crippen molar-refractivity contribution in [3.63, 3.8) is 0 Å². The van der Waals surface area contributed by atoms with Crippen molar-refractivity contribution in [1.82, 2.24) is 4.90 Å². The number of thioether (sulfide) groups is 1. The summed E-state index contributed by atoms with van der Waals surface area (Å²) in [5.41, 5.74) is 1.21. The largest absolute Gasteiger partial charge is 0.293 e. The monoisotopic (exact) mass is 325 g/mol. The van der Waals surface area contributed by atoms with Gasteiger partial charge in [0.2, 0.25) is 0 Å². The molecule has 1 aromatic rings. The fourth-order valence-electron chi connectivity index (χ4n) is 2.04. The second-order valence-electron chi connectivity index (χ2n) is 4.86. The molecular weight excluding hydrogens is 306 g/mol. The van der Waals surface area contributed by atoms with Crippen LogP contribution in [0.2, 0.25) is 0 Å². The molecular formula is C15H19NOS3. The van der Waals surface area contributed by atoms with Crippen molar-refractivity contribution in [2.75, 3.05) is 6.54 Å². The van der Waals surface area contributed by atoms with E-state index in [0.29, 0.717) is 4.32 Å². The molecule has 2 rings (SSSR count). The average molecular weight is 326 g/mol. The predicted molar refractivity (Wildman–Crippen MR) is 93.1 cm³/mol. The van der Waals surface area contributed by atoms with Gasteiger partial charge in [0.1, 0.15) is 4.32 Å². The average Bonchev–Trinajstić information content (AvgIpc) is 2.93. The molecule has 2 heterocycles. The summed E-state index contributed by atoms with van der Waals surface area (Å²) in [6.45, 7) is 5.00. The van der Waals surface area contributed by atoms with Crippen LogP contribution in [0.25, 0.3) is 6.08 Å². The Kier molecular flexibility index (Phi) is 5.81. The highest BCUT2D eigenvalue weighted by molar-refractivity contribution is 8.26. The third kappa shape index (κ3) is 3.71. The second-order valence-corrected chi connectivity index (χ2v) is 7.49. The van der Waals surface area contributed by atoms with Gasteiger partial charge in [-0.25, -0.2) is 0 Å². The fourth-order valence-corrected chi connectivity index (χ4v) is 4.26. The van der Waals surface area contributed by atoms with E-state index in [9.17, 15) is 4.79 Å². The molecule has 0 atom stereocenters. The molecule has 0 N–H and O–H groups in total. The van der Waals surface area contributed by atoms with Gasteiger partial charge < -0.3 is 0 Å². The smallest absolute Gasteiger partial charge is 0.266 e. The summed E-state index contributed by atoms with van der Waals surface area (Å²) in [4.78, 5) is 16.0. The number of hydrogen-bond acceptors (Lipinski definition) is 4. The number of amides is 1. The van der Waals surface area contributed by atoms with Crippen LogP contribution >= 0.6 is 35.3 Å². The summed E-state index contributed by atoms with van der Waals surface area (Å²) in [6, 6.07) is 2.07. The maximum absolute atomic E-state index is 12.4. The predicted octanol–water partition coefficient (Wildman–Crippen LogP) is 4.84. The molecule has 108 valence electrons. The van der Waals surface area contributed by atoms with Crippen LogP contribution in [0.4, 0.5) is 0 Å². The van der Waals surface area contributed by atoms with Gasteiger partial charge in [0.25, 0.3) is 5.91 Å². The number of thiocarbonyl (C=S) groups is 1. The maximum Gasteiger partial charge on any atom is 0.266 e. The lowest BCUT2D eigenvalue weighted by Crippen LogP contribution is -2.28. The first-order valence-corrected chi connectivity index (χ1v) is 9.03. The molecule has 5 heteroatoms. The molecule has 20 heavy (non-hydrogen) atoms. The van der Waals surface area contributed by atoms with Gasteiger partial charge >= 0.3 is 0 Å². The van der Waals surface area contributed by atoms with Crippen molar-refractivity contribution in [2.24, 2.45) is 0 Å². The van der Waals surface area contributed by atoms with E-state index < -0.39 is 0 Å². The first kappa shape index (κ1) is 15.7. The van der Waals surface area contributed by atoms with Crippen LogP contribution in [0.1, 0.15) is 43.0 Å². The van der Waals surface area contributed by atoms with E-state index in [0.717, 1.165) is 29.2 Å². The normalized spacial score (nSPS) is 17.5. The minimum Gasteiger partial charge on any atom is -0.293 e. The van der Waals surface area contributed by atoms with Gasteiger partial charge in [-0.15, -0.1) is 11.3 Å². The highest BCUT2D eigenvalue weighted by atomic mass is 32.2. The third-order valence-corrected chi connectivity index (χ3v) is 5.62. The summed E-state index contributed by atoms with van der Waals surface area (Å²) in [6.07, 6.45) is 6.60. The lowest BCUT2D eigenvalue weighted by atomic mass is 10.2. The van der Waals surface area contributed by atoms with E-state index >= 15 is 0 Å². The van der Waals surface area contributed by atoms with Gasteiger partial charge in [-0.3, -0.25) is 9.69 Å². The van der Waals surface area contributed by atoms with Gasteiger partial charge in [-0.1, -0.05) is 50.2 Å². The van der Waals surface area contributed by atoms with Crippen molar-refractivity contribution < 1.29 is 4.79 Å². The Hall–Kier alpha value is -0.650. The summed E-state index contributed by atoms with van der Waals surface area (Å²) < 4.78 is 0.701. The Labute approximate surface area is 134 Å². The van der Waals surface area contributed by atoms with Crippen LogP contribution < -0.4 is 0 Å². The molecule has 0 aliphatic carbocycles. The molecule has 0 aromatic carbocycles. The molecule has 1 aliphatic heterocycles. The molecule has 0 spiro atoms. The fraction of sp³-hybridized carbons (Fsp3) is 0.467. The molecule has 1 aromatic heterocycles. The van der Waals surface area contributed by atoms with Gasteiger partial charge in [0.05, 0.1) is 4.91 Å². The van der Waals surface area contributed by atoms with Gasteiger partial charge in [0.15, 0.2) is 0 Å². The second kappa shape index (κ2) is 7.38. The van der Waals surface area contributed by atoms with Crippen molar-refractivity contribution in [3.8, 4) is 0 Å². The van der Waals surface area contributed by atoms with Crippen LogP contribution in [0.3, 0.4) is 0 Å². The molecule has 2 nitrogen and oxygen atoms in total. The van der Waals surface area contributed by atoms with E-state index in [1.54, 1.807) is 16.2 Å². The minimum atomic E-state index is 0.0734. The molecule has 0 saturated carbocycles. The molecule has 1 amide bonds. The van der Waals surface area contributed by atoms with Gasteiger partial charge in [-0.2, -0.15) is 0 Å². The van der Waals surface area contributed by atoms with Gasteiger partial charge in [0, 0.05) is 11.4 Å². The highest BCUT2D eigenvalue weighted by Gasteiger charge is 2.31. The minimum absolute atomic E-state index is 0.0734. The lowest BCUT2D eigenvalue weighted by molar-refractivity contribution is -0.122. The van der Waals surface area contributed by atoms with E-state index in [1.807, 2.05) is 11.5 Å². The number of thiophene rings is 1. The first-order chi connectivity index (χ1) is 9.63. The maximum atomic E-state index is 12.4. The summed E-state index contributed by atoms with van der Waals surface area (Å²) in [5, 5.41) is 2.05. The SMILES string of the molecule is CCCCCCN1C(=O)/C(=C\c2sccc2C)SC1=S. The van der Waals surface area contributed by atoms with Crippen LogP contribution in [0.15, 0.2) is 16.4 Å². The van der Waals surface area contributed by atoms with E-state index in [4.69, 9.17) is 12.2 Å². The Morgan fingerprint density at radius 2 is 2.15 bits per heavy atom. The quantitative estimate of drug-likeness (QED) is 0.424. The van der Waals surface area contributed by atoms with Crippen LogP contribution in [-0.4, -0.2) is 21.7 Å². The number of nitrogens with zero attached hydrogens (tertiary/aromatic N) is 1. The third-order valence-electron chi connectivity index (χ3n) is 3.27. The molecule has 1 fully saturated rings. The van der Waals surface area contributed by atoms with Crippen molar-refractivity contribution >= 4 is 51.6 Å².